The molecule has 0 spiro atoms. The van der Waals surface area contributed by atoms with E-state index in [1.165, 1.54) is 12.1 Å². The van der Waals surface area contributed by atoms with E-state index >= 15 is 0 Å². The maximum Gasteiger partial charge on any atom is 0.416 e. The van der Waals surface area contributed by atoms with Crippen LogP contribution in [-0.2, 0) is 19.8 Å². The van der Waals surface area contributed by atoms with E-state index in [2.05, 4.69) is 0 Å². The van der Waals surface area contributed by atoms with Crippen LogP contribution >= 0.6 is 7.60 Å². The maximum absolute atomic E-state index is 12.4. The molecule has 7 heteroatoms. The standard InChI is InChI=1S/C9H8F3O3P/c10-9(11,12)7-2-1-3-8(6-7)16(13)14-4-5-15-16/h1-3,6H,4-5H2. The van der Waals surface area contributed by atoms with Gasteiger partial charge in [-0.3, -0.25) is 4.57 Å². The molecule has 0 N–H and O–H groups in total. The number of hydrogen-bond acceptors (Lipinski definition) is 3. The molecule has 0 radical (unpaired) electrons. The highest BCUT2D eigenvalue weighted by molar-refractivity contribution is 7.62. The molecule has 1 aromatic rings. The number of hydrogen-bond donors (Lipinski definition) is 0. The lowest BCUT2D eigenvalue weighted by molar-refractivity contribution is -0.137. The van der Waals surface area contributed by atoms with E-state index in [4.69, 9.17) is 9.05 Å². The smallest absolute Gasteiger partial charge is 0.303 e. The van der Waals surface area contributed by atoms with Crippen LogP contribution in [-0.4, -0.2) is 13.2 Å². The largest absolute Gasteiger partial charge is 0.416 e. The normalized spacial score (nSPS) is 19.9. The first-order valence-corrected chi connectivity index (χ1v) is 6.03. The molecule has 3 nitrogen and oxygen atoms in total. The van der Waals surface area contributed by atoms with E-state index in [0.29, 0.717) is 0 Å². The lowest BCUT2D eigenvalue weighted by Crippen LogP contribution is -2.11. The molecule has 0 atom stereocenters. The number of alkyl halides is 3. The second kappa shape index (κ2) is 3.87. The van der Waals surface area contributed by atoms with Gasteiger partial charge in [-0.2, -0.15) is 13.2 Å². The van der Waals surface area contributed by atoms with Crippen LogP contribution in [0.4, 0.5) is 13.2 Å². The van der Waals surface area contributed by atoms with Gasteiger partial charge in [-0.05, 0) is 18.2 Å². The second-order valence-corrected chi connectivity index (χ2v) is 5.24. The monoisotopic (exact) mass is 252 g/mol. The third-order valence-corrected chi connectivity index (χ3v) is 4.05. The van der Waals surface area contributed by atoms with Crippen LogP contribution in [0.15, 0.2) is 24.3 Å². The van der Waals surface area contributed by atoms with Crippen LogP contribution in [0, 0.1) is 0 Å². The SMILES string of the molecule is O=P1(c2cccc(C(F)(F)F)c2)OCCO1. The van der Waals surface area contributed by atoms with Crippen LogP contribution in [0.3, 0.4) is 0 Å². The fourth-order valence-electron chi connectivity index (χ4n) is 1.35. The topological polar surface area (TPSA) is 35.5 Å². The maximum atomic E-state index is 12.4. The third kappa shape index (κ3) is 2.14. The van der Waals surface area contributed by atoms with E-state index in [1.807, 2.05) is 0 Å². The highest BCUT2D eigenvalue weighted by Crippen LogP contribution is 2.50. The summed E-state index contributed by atoms with van der Waals surface area (Å²) < 4.78 is 58.8. The van der Waals surface area contributed by atoms with Crippen LogP contribution < -0.4 is 5.30 Å². The molecule has 1 heterocycles. The van der Waals surface area contributed by atoms with Crippen molar-refractivity contribution in [2.75, 3.05) is 13.2 Å². The van der Waals surface area contributed by atoms with Gasteiger partial charge in [0.2, 0.25) is 0 Å². The molecule has 2 rings (SSSR count). The molecule has 1 saturated heterocycles. The van der Waals surface area contributed by atoms with Crippen molar-refractivity contribution in [3.05, 3.63) is 29.8 Å². The summed E-state index contributed by atoms with van der Waals surface area (Å²) in [5, 5.41) is -0.0557. The Morgan fingerprint density at radius 1 is 1.19 bits per heavy atom. The molecule has 0 aromatic heterocycles. The van der Waals surface area contributed by atoms with Crippen LogP contribution in [0.25, 0.3) is 0 Å². The third-order valence-electron chi connectivity index (χ3n) is 2.10. The van der Waals surface area contributed by atoms with E-state index in [0.717, 1.165) is 12.1 Å². The van der Waals surface area contributed by atoms with Crippen molar-refractivity contribution >= 4 is 12.9 Å². The van der Waals surface area contributed by atoms with Crippen molar-refractivity contribution in [1.82, 2.24) is 0 Å². The second-order valence-electron chi connectivity index (χ2n) is 3.21. The van der Waals surface area contributed by atoms with E-state index < -0.39 is 19.3 Å². The van der Waals surface area contributed by atoms with Crippen LogP contribution in [0.1, 0.15) is 5.56 Å². The number of rotatable bonds is 1. The van der Waals surface area contributed by atoms with Crippen molar-refractivity contribution in [3.63, 3.8) is 0 Å². The van der Waals surface area contributed by atoms with Gasteiger partial charge in [0.05, 0.1) is 24.1 Å². The minimum Gasteiger partial charge on any atom is -0.303 e. The lowest BCUT2D eigenvalue weighted by atomic mass is 10.2. The molecule has 0 amide bonds. The summed E-state index contributed by atoms with van der Waals surface area (Å²) in [4.78, 5) is 0. The molecule has 88 valence electrons. The Hall–Kier alpha value is -0.840. The highest BCUT2D eigenvalue weighted by atomic mass is 31.2. The predicted molar refractivity (Wildman–Crippen MR) is 50.6 cm³/mol. The van der Waals surface area contributed by atoms with Gasteiger partial charge in [0.1, 0.15) is 0 Å². The Kier molecular flexibility index (Phi) is 2.82. The molecule has 1 aromatic carbocycles. The first kappa shape index (κ1) is 11.6. The Labute approximate surface area is 89.7 Å². The molecule has 16 heavy (non-hydrogen) atoms. The molecule has 0 bridgehead atoms. The van der Waals surface area contributed by atoms with Gasteiger partial charge >= 0.3 is 13.8 Å². The van der Waals surface area contributed by atoms with E-state index in [-0.39, 0.29) is 18.5 Å². The van der Waals surface area contributed by atoms with Gasteiger partial charge in [-0.1, -0.05) is 6.07 Å². The fourth-order valence-corrected chi connectivity index (χ4v) is 2.92. The molecule has 0 aliphatic carbocycles. The van der Waals surface area contributed by atoms with Crippen molar-refractivity contribution in [3.8, 4) is 0 Å². The first-order valence-electron chi connectivity index (χ1n) is 4.49. The minimum atomic E-state index is -4.46. The molecular weight excluding hydrogens is 244 g/mol. The van der Waals surface area contributed by atoms with Crippen molar-refractivity contribution in [2.24, 2.45) is 0 Å². The summed E-state index contributed by atoms with van der Waals surface area (Å²) in [7, 11) is -3.52. The summed E-state index contributed by atoms with van der Waals surface area (Å²) in [6.07, 6.45) is -4.46. The summed E-state index contributed by atoms with van der Waals surface area (Å²) in [6, 6.07) is 4.20. The zero-order valence-corrected chi connectivity index (χ0v) is 8.92. The quantitative estimate of drug-likeness (QED) is 0.720. The summed E-state index contributed by atoms with van der Waals surface area (Å²) >= 11 is 0. The number of benzene rings is 1. The Morgan fingerprint density at radius 3 is 2.38 bits per heavy atom. The summed E-state index contributed by atoms with van der Waals surface area (Å²) in [6.45, 7) is 0.265. The lowest BCUT2D eigenvalue weighted by Gasteiger charge is -2.12. The van der Waals surface area contributed by atoms with Crippen molar-refractivity contribution < 1.29 is 26.8 Å². The van der Waals surface area contributed by atoms with E-state index in [1.54, 1.807) is 0 Å². The van der Waals surface area contributed by atoms with E-state index in [9.17, 15) is 17.7 Å². The zero-order chi connectivity index (χ0) is 11.8. The predicted octanol–water partition coefficient (Wildman–Crippen LogP) is 2.57. The summed E-state index contributed by atoms with van der Waals surface area (Å²) in [5.41, 5.74) is -0.862. The van der Waals surface area contributed by atoms with Crippen molar-refractivity contribution in [2.45, 2.75) is 6.18 Å². The number of halogens is 3. The minimum absolute atomic E-state index is 0.0557. The zero-order valence-electron chi connectivity index (χ0n) is 8.03. The van der Waals surface area contributed by atoms with Gasteiger partial charge in [0, 0.05) is 0 Å². The van der Waals surface area contributed by atoms with Crippen LogP contribution in [0.5, 0.6) is 0 Å². The van der Waals surface area contributed by atoms with Gasteiger partial charge in [0.25, 0.3) is 0 Å². The Bertz CT molecular complexity index is 434. The average Bonchev–Trinajstić information content (AvgIpc) is 2.66. The molecule has 1 fully saturated rings. The molecule has 0 saturated carbocycles. The first-order chi connectivity index (χ1) is 7.42. The molecule has 1 aliphatic heterocycles. The Balaban J connectivity index is 2.40. The van der Waals surface area contributed by atoms with Crippen molar-refractivity contribution in [1.29, 1.82) is 0 Å². The molecule has 0 unspecified atom stereocenters. The van der Waals surface area contributed by atoms with Gasteiger partial charge in [-0.25, -0.2) is 0 Å². The Morgan fingerprint density at radius 2 is 1.81 bits per heavy atom. The van der Waals surface area contributed by atoms with Crippen LogP contribution in [0.2, 0.25) is 0 Å². The molecule has 1 aliphatic rings. The highest BCUT2D eigenvalue weighted by Gasteiger charge is 2.36. The average molecular weight is 252 g/mol. The fraction of sp³-hybridized carbons (Fsp3) is 0.333. The van der Waals surface area contributed by atoms with Gasteiger partial charge < -0.3 is 9.05 Å². The van der Waals surface area contributed by atoms with Gasteiger partial charge in [-0.15, -0.1) is 0 Å². The van der Waals surface area contributed by atoms with Gasteiger partial charge in [0.15, 0.2) is 0 Å². The molecular formula is C9H8F3O3P. The summed E-state index contributed by atoms with van der Waals surface area (Å²) in [5.74, 6) is 0.